The molecule has 0 aliphatic carbocycles. The molecule has 2 aliphatic heterocycles. The van der Waals surface area contributed by atoms with Crippen molar-refractivity contribution in [3.8, 4) is 23.0 Å². The Hall–Kier alpha value is -4.27. The first-order valence-corrected chi connectivity index (χ1v) is 10.8. The molecule has 5 rings (SSSR count). The maximum atomic E-state index is 13.0. The maximum Gasteiger partial charge on any atom is 0.231 e. The smallest absolute Gasteiger partial charge is 0.231 e. The summed E-state index contributed by atoms with van der Waals surface area (Å²) in [5.41, 5.74) is 2.15. The summed E-state index contributed by atoms with van der Waals surface area (Å²) >= 11 is 0. The minimum Gasteiger partial charge on any atom is -0.493 e. The van der Waals surface area contributed by atoms with Crippen molar-refractivity contribution in [2.45, 2.75) is 13.0 Å². The quantitative estimate of drug-likeness (QED) is 0.576. The molecule has 0 radical (unpaired) electrons. The molecule has 34 heavy (non-hydrogen) atoms. The second-order valence-electron chi connectivity index (χ2n) is 7.95. The molecule has 174 valence electrons. The number of methoxy groups -OCH3 is 1. The minimum atomic E-state index is -0.486. The molecule has 9 nitrogen and oxygen atoms in total. The third-order valence-electron chi connectivity index (χ3n) is 5.71. The monoisotopic (exact) mass is 461 g/mol. The van der Waals surface area contributed by atoms with Crippen LogP contribution in [-0.2, 0) is 16.2 Å². The van der Waals surface area contributed by atoms with Crippen LogP contribution in [-0.4, -0.2) is 37.2 Å². The highest BCUT2D eigenvalue weighted by Gasteiger charge is 2.35. The first kappa shape index (κ1) is 21.6. The van der Waals surface area contributed by atoms with Gasteiger partial charge >= 0.3 is 0 Å². The number of nitrogens with zero attached hydrogens (tertiary/aromatic N) is 2. The van der Waals surface area contributed by atoms with E-state index in [0.29, 0.717) is 41.0 Å². The number of nitrogens with one attached hydrogen (secondary N) is 1. The number of fused-ring (bicyclic) bond motifs is 1. The van der Waals surface area contributed by atoms with E-state index in [4.69, 9.17) is 18.9 Å². The number of hydrogen-bond donors (Lipinski definition) is 1. The van der Waals surface area contributed by atoms with Gasteiger partial charge in [-0.3, -0.25) is 14.6 Å². The lowest BCUT2D eigenvalue weighted by Gasteiger charge is -2.17. The predicted octanol–water partition coefficient (Wildman–Crippen LogP) is 3.39. The summed E-state index contributed by atoms with van der Waals surface area (Å²) in [4.78, 5) is 31.3. The molecule has 0 bridgehead atoms. The van der Waals surface area contributed by atoms with Crippen molar-refractivity contribution in [2.24, 2.45) is 5.92 Å². The molecular formula is C25H23N3O6. The summed E-state index contributed by atoms with van der Waals surface area (Å²) in [5.74, 6) is 1.44. The Labute approximate surface area is 196 Å². The van der Waals surface area contributed by atoms with Gasteiger partial charge in [0.25, 0.3) is 0 Å². The molecule has 2 aromatic carbocycles. The molecule has 1 N–H and O–H groups in total. The van der Waals surface area contributed by atoms with Crippen LogP contribution >= 0.6 is 0 Å². The zero-order valence-corrected chi connectivity index (χ0v) is 18.5. The predicted molar refractivity (Wildman–Crippen MR) is 123 cm³/mol. The van der Waals surface area contributed by atoms with E-state index in [2.05, 4.69) is 10.3 Å². The van der Waals surface area contributed by atoms with Gasteiger partial charge in [-0.2, -0.15) is 0 Å². The number of aromatic nitrogens is 1. The maximum absolute atomic E-state index is 13.0. The van der Waals surface area contributed by atoms with Gasteiger partial charge in [-0.15, -0.1) is 0 Å². The van der Waals surface area contributed by atoms with Crippen LogP contribution in [0.3, 0.4) is 0 Å². The summed E-state index contributed by atoms with van der Waals surface area (Å²) in [7, 11) is 1.55. The Balaban J connectivity index is 1.25. The number of carbonyl (C=O) groups excluding carboxylic acids is 2. The van der Waals surface area contributed by atoms with Crippen LogP contribution < -0.4 is 29.2 Å². The normalized spacial score (nSPS) is 16.4. The van der Waals surface area contributed by atoms with Crippen molar-refractivity contribution in [3.63, 3.8) is 0 Å². The molecule has 9 heteroatoms. The molecule has 1 aromatic heterocycles. The number of pyridine rings is 1. The summed E-state index contributed by atoms with van der Waals surface area (Å²) in [6.07, 6.45) is 3.55. The lowest BCUT2D eigenvalue weighted by molar-refractivity contribution is -0.122. The Bertz CT molecular complexity index is 1220. The molecule has 2 aliphatic rings. The number of anilines is 2. The fourth-order valence-electron chi connectivity index (χ4n) is 3.94. The van der Waals surface area contributed by atoms with E-state index < -0.39 is 5.92 Å². The van der Waals surface area contributed by atoms with Gasteiger partial charge in [0.05, 0.1) is 13.0 Å². The zero-order chi connectivity index (χ0) is 23.5. The second-order valence-corrected chi connectivity index (χ2v) is 7.95. The lowest BCUT2D eigenvalue weighted by atomic mass is 10.1. The van der Waals surface area contributed by atoms with Crippen LogP contribution in [0.15, 0.2) is 60.9 Å². The van der Waals surface area contributed by atoms with Gasteiger partial charge in [-0.1, -0.05) is 6.07 Å². The summed E-state index contributed by atoms with van der Waals surface area (Å²) in [6.45, 7) is 0.752. The van der Waals surface area contributed by atoms with Gasteiger partial charge in [0.15, 0.2) is 23.0 Å². The fraction of sp³-hybridized carbons (Fsp3) is 0.240. The molecular weight excluding hydrogens is 438 g/mol. The SMILES string of the molecule is COc1ccc(NC(=O)C2CC(=O)N(c3ccc4c(c3)OCO4)C2)cc1OCc1cccnc1. The van der Waals surface area contributed by atoms with E-state index in [1.165, 1.54) is 0 Å². The summed E-state index contributed by atoms with van der Waals surface area (Å²) in [6, 6.07) is 14.2. The largest absolute Gasteiger partial charge is 0.493 e. The van der Waals surface area contributed by atoms with E-state index in [1.54, 1.807) is 60.8 Å². The van der Waals surface area contributed by atoms with Crippen molar-refractivity contribution < 1.29 is 28.5 Å². The van der Waals surface area contributed by atoms with Crippen molar-refractivity contribution in [2.75, 3.05) is 30.7 Å². The van der Waals surface area contributed by atoms with Crippen molar-refractivity contribution in [1.82, 2.24) is 4.98 Å². The standard InChI is InChI=1S/C25H23N3O6/c1-31-20-6-4-18(10-22(20)32-14-16-3-2-8-26-12-16)27-25(30)17-9-24(29)28(13-17)19-5-7-21-23(11-19)34-15-33-21/h2-8,10-12,17H,9,13-15H2,1H3,(H,27,30). The number of rotatable bonds is 7. The number of ether oxygens (including phenoxy) is 4. The average Bonchev–Trinajstić information content (AvgIpc) is 3.49. The van der Waals surface area contributed by atoms with Crippen molar-refractivity contribution >= 4 is 23.2 Å². The fourth-order valence-corrected chi connectivity index (χ4v) is 3.94. The molecule has 2 amide bonds. The highest BCUT2D eigenvalue weighted by Crippen LogP contribution is 2.37. The van der Waals surface area contributed by atoms with Crippen molar-refractivity contribution in [3.05, 3.63) is 66.5 Å². The van der Waals surface area contributed by atoms with Gasteiger partial charge in [0, 0.05) is 54.4 Å². The van der Waals surface area contributed by atoms with Crippen LogP contribution in [0.1, 0.15) is 12.0 Å². The van der Waals surface area contributed by atoms with Crippen molar-refractivity contribution in [1.29, 1.82) is 0 Å². The molecule has 1 atom stereocenters. The van der Waals surface area contributed by atoms with Crippen LogP contribution in [0.25, 0.3) is 0 Å². The third-order valence-corrected chi connectivity index (χ3v) is 5.71. The Morgan fingerprint density at radius 2 is 2.03 bits per heavy atom. The minimum absolute atomic E-state index is 0.116. The van der Waals surface area contributed by atoms with Crippen LogP contribution in [0.4, 0.5) is 11.4 Å². The second kappa shape index (κ2) is 9.30. The van der Waals surface area contributed by atoms with E-state index in [9.17, 15) is 9.59 Å². The third kappa shape index (κ3) is 4.45. The molecule has 3 aromatic rings. The van der Waals surface area contributed by atoms with Crippen LogP contribution in [0.5, 0.6) is 23.0 Å². The summed E-state index contributed by atoms with van der Waals surface area (Å²) in [5, 5.41) is 2.90. The molecule has 1 fully saturated rings. The molecule has 1 unspecified atom stereocenters. The van der Waals surface area contributed by atoms with E-state index in [1.807, 2.05) is 12.1 Å². The number of carbonyl (C=O) groups is 2. The topological polar surface area (TPSA) is 99.2 Å². The van der Waals surface area contributed by atoms with Gasteiger partial charge in [0.2, 0.25) is 18.6 Å². The van der Waals surface area contributed by atoms with Crippen LogP contribution in [0.2, 0.25) is 0 Å². The van der Waals surface area contributed by atoms with Gasteiger partial charge in [0.1, 0.15) is 6.61 Å². The first-order chi connectivity index (χ1) is 16.6. The first-order valence-electron chi connectivity index (χ1n) is 10.8. The summed E-state index contributed by atoms with van der Waals surface area (Å²) < 4.78 is 22.0. The van der Waals surface area contributed by atoms with E-state index in [-0.39, 0.29) is 31.6 Å². The van der Waals surface area contributed by atoms with Gasteiger partial charge in [-0.05, 0) is 30.3 Å². The van der Waals surface area contributed by atoms with Gasteiger partial charge in [-0.25, -0.2) is 0 Å². The molecule has 0 saturated carbocycles. The number of hydrogen-bond acceptors (Lipinski definition) is 7. The van der Waals surface area contributed by atoms with E-state index in [0.717, 1.165) is 5.56 Å². The van der Waals surface area contributed by atoms with E-state index >= 15 is 0 Å². The Morgan fingerprint density at radius 1 is 1.15 bits per heavy atom. The Kier molecular flexibility index (Phi) is 5.90. The lowest BCUT2D eigenvalue weighted by Crippen LogP contribution is -2.28. The average molecular weight is 461 g/mol. The molecule has 1 saturated heterocycles. The molecule has 0 spiro atoms. The number of benzene rings is 2. The van der Waals surface area contributed by atoms with Crippen LogP contribution in [0, 0.1) is 5.92 Å². The highest BCUT2D eigenvalue weighted by atomic mass is 16.7. The Morgan fingerprint density at radius 3 is 2.85 bits per heavy atom. The van der Waals surface area contributed by atoms with Gasteiger partial charge < -0.3 is 29.2 Å². The highest BCUT2D eigenvalue weighted by molar-refractivity contribution is 6.03. The zero-order valence-electron chi connectivity index (χ0n) is 18.5. The molecule has 3 heterocycles. The number of amides is 2.